The van der Waals surface area contributed by atoms with Crippen LogP contribution in [0.5, 0.6) is 11.5 Å². The summed E-state index contributed by atoms with van der Waals surface area (Å²) in [7, 11) is 0. The quantitative estimate of drug-likeness (QED) is 0.167. The van der Waals surface area contributed by atoms with E-state index in [2.05, 4.69) is 45.2 Å². The number of fused-ring (bicyclic) bond motifs is 2. The zero-order valence-electron chi connectivity index (χ0n) is 29.7. The molecule has 2 N–H and O–H groups in total. The molecule has 2 heterocycles. The van der Waals surface area contributed by atoms with Crippen LogP contribution in [0.2, 0.25) is 0 Å². The van der Waals surface area contributed by atoms with E-state index in [1.165, 1.54) is 11.1 Å². The summed E-state index contributed by atoms with van der Waals surface area (Å²) in [4.78, 5) is 43.8. The van der Waals surface area contributed by atoms with E-state index in [0.717, 1.165) is 51.9 Å². The number of halogens is 1. The summed E-state index contributed by atoms with van der Waals surface area (Å²) in [6.45, 7) is 7.71. The van der Waals surface area contributed by atoms with Crippen molar-refractivity contribution < 1.29 is 29.0 Å². The Morgan fingerprint density at radius 3 is 2.22 bits per heavy atom. The number of amides is 2. The number of carbonyl (C=O) groups excluding carboxylic acids is 2. The maximum atomic E-state index is 14.8. The van der Waals surface area contributed by atoms with E-state index in [9.17, 15) is 19.5 Å². The molecule has 2 aliphatic heterocycles. The first-order chi connectivity index (χ1) is 24.5. The van der Waals surface area contributed by atoms with Crippen molar-refractivity contribution in [1.82, 2.24) is 15.1 Å². The van der Waals surface area contributed by atoms with Crippen LogP contribution < -0.4 is 14.8 Å². The minimum absolute atomic E-state index is 0.0280. The van der Waals surface area contributed by atoms with Gasteiger partial charge < -0.3 is 29.7 Å². The molecule has 2 amide bonds. The Balaban J connectivity index is 1.21. The standard InChI is InChI=1S/C41H48BrN3O6/c1-27-6-4-5-7-28(27)19-21-45(32-12-13-32)39(47)38-35(24-31-25-44(26-36(38)43-31)37(46)18-20-41(2,3)40(48)49)29-8-14-33(15-9-29)50-22-23-51-34-16-10-30(42)11-17-34/h4-11,14-17,31-32,36,43H,12-13,18-26H2,1-3H3,(H,48,49)/t31-,36-/m1/s1. The molecular formula is C41H48BrN3O6. The molecule has 9 nitrogen and oxygen atoms in total. The number of nitrogens with one attached hydrogen (secondary N) is 1. The summed E-state index contributed by atoms with van der Waals surface area (Å²) >= 11 is 3.44. The maximum absolute atomic E-state index is 14.8. The third-order valence-electron chi connectivity index (χ3n) is 10.3. The van der Waals surface area contributed by atoms with Crippen LogP contribution in [0.1, 0.15) is 62.6 Å². The van der Waals surface area contributed by atoms with Crippen molar-refractivity contribution in [2.75, 3.05) is 32.8 Å². The van der Waals surface area contributed by atoms with E-state index in [-0.39, 0.29) is 42.8 Å². The van der Waals surface area contributed by atoms with Gasteiger partial charge in [0, 0.05) is 48.2 Å². The van der Waals surface area contributed by atoms with Crippen molar-refractivity contribution in [2.24, 2.45) is 5.41 Å². The van der Waals surface area contributed by atoms with Gasteiger partial charge in [-0.1, -0.05) is 52.3 Å². The van der Waals surface area contributed by atoms with Crippen LogP contribution in [-0.2, 0) is 20.8 Å². The lowest BCUT2D eigenvalue weighted by Gasteiger charge is -2.45. The molecule has 2 fully saturated rings. The van der Waals surface area contributed by atoms with Crippen molar-refractivity contribution in [3.8, 4) is 11.5 Å². The van der Waals surface area contributed by atoms with Crippen LogP contribution in [-0.4, -0.2) is 83.7 Å². The molecule has 0 unspecified atom stereocenters. The highest BCUT2D eigenvalue weighted by molar-refractivity contribution is 9.10. The predicted molar refractivity (Wildman–Crippen MR) is 201 cm³/mol. The van der Waals surface area contributed by atoms with Gasteiger partial charge in [-0.2, -0.15) is 0 Å². The Hall–Kier alpha value is -4.15. The molecule has 2 bridgehead atoms. The number of hydrogen-bond donors (Lipinski definition) is 2. The van der Waals surface area contributed by atoms with Crippen LogP contribution in [0.25, 0.3) is 5.57 Å². The molecule has 1 saturated heterocycles. The number of nitrogens with zero attached hydrogens (tertiary/aromatic N) is 2. The Bertz CT molecular complexity index is 1750. The fourth-order valence-corrected chi connectivity index (χ4v) is 7.24. The number of rotatable bonds is 15. The van der Waals surface area contributed by atoms with E-state index in [0.29, 0.717) is 39.3 Å². The van der Waals surface area contributed by atoms with Gasteiger partial charge in [-0.3, -0.25) is 14.4 Å². The lowest BCUT2D eigenvalue weighted by molar-refractivity contribution is -0.148. The fourth-order valence-electron chi connectivity index (χ4n) is 6.98. The molecule has 1 saturated carbocycles. The first kappa shape index (κ1) is 36.6. The Morgan fingerprint density at radius 1 is 0.941 bits per heavy atom. The second-order valence-electron chi connectivity index (χ2n) is 14.6. The number of carbonyl (C=O) groups is 3. The Labute approximate surface area is 309 Å². The van der Waals surface area contributed by atoms with E-state index < -0.39 is 11.4 Å². The van der Waals surface area contributed by atoms with Crippen molar-refractivity contribution >= 4 is 39.3 Å². The van der Waals surface area contributed by atoms with Gasteiger partial charge in [0.1, 0.15) is 24.7 Å². The lowest BCUT2D eigenvalue weighted by Crippen LogP contribution is -2.62. The lowest BCUT2D eigenvalue weighted by atomic mass is 9.82. The molecule has 3 aromatic carbocycles. The Kier molecular flexibility index (Phi) is 11.5. The summed E-state index contributed by atoms with van der Waals surface area (Å²) in [5.41, 5.74) is 4.19. The molecule has 3 aromatic rings. The highest BCUT2D eigenvalue weighted by atomic mass is 79.9. The van der Waals surface area contributed by atoms with Gasteiger partial charge in [-0.05, 0) is 112 Å². The number of aryl methyl sites for hydroxylation is 1. The smallest absolute Gasteiger partial charge is 0.309 e. The van der Waals surface area contributed by atoms with Crippen LogP contribution in [0.4, 0.5) is 0 Å². The van der Waals surface area contributed by atoms with Crippen LogP contribution in [0.15, 0.2) is 82.8 Å². The van der Waals surface area contributed by atoms with Gasteiger partial charge in [-0.15, -0.1) is 0 Å². The van der Waals surface area contributed by atoms with Gasteiger partial charge in [0.15, 0.2) is 0 Å². The van der Waals surface area contributed by atoms with Crippen molar-refractivity contribution in [3.05, 3.63) is 99.5 Å². The minimum atomic E-state index is -0.988. The molecule has 1 aliphatic carbocycles. The largest absolute Gasteiger partial charge is 0.490 e. The van der Waals surface area contributed by atoms with Gasteiger partial charge in [0.05, 0.1) is 11.5 Å². The van der Waals surface area contributed by atoms with Crippen molar-refractivity contribution in [1.29, 1.82) is 0 Å². The second-order valence-corrected chi connectivity index (χ2v) is 15.5. The third kappa shape index (κ3) is 9.21. The summed E-state index contributed by atoms with van der Waals surface area (Å²) in [6, 6.07) is 23.8. The van der Waals surface area contributed by atoms with Crippen molar-refractivity contribution in [2.45, 2.75) is 77.4 Å². The molecule has 3 aliphatic rings. The maximum Gasteiger partial charge on any atom is 0.309 e. The molecular weight excluding hydrogens is 710 g/mol. The number of aliphatic carboxylic acids is 1. The zero-order chi connectivity index (χ0) is 36.1. The molecule has 6 rings (SSSR count). The zero-order valence-corrected chi connectivity index (χ0v) is 31.3. The number of piperazine rings is 1. The molecule has 2 atom stereocenters. The summed E-state index contributed by atoms with van der Waals surface area (Å²) in [5, 5.41) is 13.3. The Morgan fingerprint density at radius 2 is 1.59 bits per heavy atom. The monoisotopic (exact) mass is 757 g/mol. The number of carboxylic acids is 1. The molecule has 0 aromatic heterocycles. The van der Waals surface area contributed by atoms with Crippen LogP contribution in [0, 0.1) is 12.3 Å². The molecule has 10 heteroatoms. The highest BCUT2D eigenvalue weighted by Crippen LogP contribution is 2.38. The topological polar surface area (TPSA) is 108 Å². The highest BCUT2D eigenvalue weighted by Gasteiger charge is 2.43. The minimum Gasteiger partial charge on any atom is -0.490 e. The summed E-state index contributed by atoms with van der Waals surface area (Å²) < 4.78 is 12.8. The molecule has 0 radical (unpaired) electrons. The first-order valence-corrected chi connectivity index (χ1v) is 18.7. The first-order valence-electron chi connectivity index (χ1n) is 18.0. The fraction of sp³-hybridized carbons (Fsp3) is 0.439. The molecule has 0 spiro atoms. The van der Waals surface area contributed by atoms with Gasteiger partial charge in [0.2, 0.25) is 5.91 Å². The molecule has 270 valence electrons. The normalized spacial score (nSPS) is 18.7. The number of benzene rings is 3. The summed E-state index contributed by atoms with van der Waals surface area (Å²) in [5.74, 6) is 0.550. The average Bonchev–Trinajstić information content (AvgIpc) is 3.96. The van der Waals surface area contributed by atoms with E-state index in [4.69, 9.17) is 9.47 Å². The predicted octanol–water partition coefficient (Wildman–Crippen LogP) is 6.67. The van der Waals surface area contributed by atoms with E-state index in [1.54, 1.807) is 13.8 Å². The van der Waals surface area contributed by atoms with E-state index in [1.807, 2.05) is 65.6 Å². The number of carboxylic acid groups (broad SMARTS) is 1. The van der Waals surface area contributed by atoms with E-state index >= 15 is 0 Å². The summed E-state index contributed by atoms with van der Waals surface area (Å²) in [6.07, 6.45) is 3.76. The van der Waals surface area contributed by atoms with Crippen molar-refractivity contribution in [3.63, 3.8) is 0 Å². The SMILES string of the molecule is Cc1ccccc1CCN(C(=O)C1=C(c2ccc(OCCOc3ccc(Br)cc3)cc2)C[C@@H]2CN(C(=O)CCC(C)(C)C(=O)O)C[C@H]1N2)C1CC1. The number of ether oxygens (including phenoxy) is 2. The second kappa shape index (κ2) is 16.0. The van der Waals surface area contributed by atoms with Crippen LogP contribution in [0.3, 0.4) is 0 Å². The average molecular weight is 759 g/mol. The third-order valence-corrected chi connectivity index (χ3v) is 10.8. The van der Waals surface area contributed by atoms with Gasteiger partial charge in [-0.25, -0.2) is 0 Å². The van der Waals surface area contributed by atoms with Gasteiger partial charge >= 0.3 is 5.97 Å². The van der Waals surface area contributed by atoms with Gasteiger partial charge in [0.25, 0.3) is 5.91 Å². The molecule has 51 heavy (non-hydrogen) atoms. The van der Waals surface area contributed by atoms with Crippen LogP contribution >= 0.6 is 15.9 Å². The number of hydrogen-bond acceptors (Lipinski definition) is 6.